The molecule has 2 unspecified atom stereocenters. The number of nitrogens with one attached hydrogen (secondary N) is 1. The molecule has 1 heterocycles. The Kier molecular flexibility index (Phi) is 6.28. The number of likely N-dealkylation sites (N-methyl/N-ethyl adjacent to an activating group) is 1. The maximum atomic E-state index is 3.69. The van der Waals surface area contributed by atoms with Crippen LogP contribution in [-0.2, 0) is 0 Å². The molecule has 0 spiro atoms. The molecule has 0 bridgehead atoms. The molecule has 1 fully saturated rings. The van der Waals surface area contributed by atoms with E-state index in [0.717, 1.165) is 12.6 Å². The molecule has 0 aromatic carbocycles. The number of hydrogen-bond donors (Lipinski definition) is 1. The van der Waals surface area contributed by atoms with Gasteiger partial charge in [0.05, 0.1) is 0 Å². The van der Waals surface area contributed by atoms with E-state index in [1.165, 1.54) is 26.1 Å². The fourth-order valence-corrected chi connectivity index (χ4v) is 2.91. The molecule has 2 atom stereocenters. The largest absolute Gasteiger partial charge is 0.311 e. The van der Waals surface area contributed by atoms with Gasteiger partial charge >= 0.3 is 0 Å². The van der Waals surface area contributed by atoms with Gasteiger partial charge in [0.1, 0.15) is 0 Å². The lowest BCUT2D eigenvalue weighted by atomic mass is 9.98. The summed E-state index contributed by atoms with van der Waals surface area (Å²) in [7, 11) is 2.27. The Morgan fingerprint density at radius 3 is 2.32 bits per heavy atom. The van der Waals surface area contributed by atoms with Crippen molar-refractivity contribution in [3.05, 3.63) is 0 Å². The molecule has 19 heavy (non-hydrogen) atoms. The van der Waals surface area contributed by atoms with Gasteiger partial charge in [0, 0.05) is 43.8 Å². The highest BCUT2D eigenvalue weighted by atomic mass is 15.3. The number of piperazine rings is 1. The Labute approximate surface area is 120 Å². The van der Waals surface area contributed by atoms with E-state index in [1.807, 2.05) is 0 Å². The van der Waals surface area contributed by atoms with Gasteiger partial charge in [-0.2, -0.15) is 0 Å². The van der Waals surface area contributed by atoms with Crippen molar-refractivity contribution in [2.75, 3.05) is 33.2 Å². The van der Waals surface area contributed by atoms with Crippen LogP contribution in [0.1, 0.15) is 48.0 Å². The fraction of sp³-hybridized carbons (Fsp3) is 1.00. The first-order valence-corrected chi connectivity index (χ1v) is 7.94. The Balaban J connectivity index is 2.61. The maximum absolute atomic E-state index is 3.69. The van der Waals surface area contributed by atoms with Gasteiger partial charge in [-0.15, -0.1) is 0 Å². The average Bonchev–Trinajstić information content (AvgIpc) is 2.29. The molecule has 1 saturated heterocycles. The van der Waals surface area contributed by atoms with Crippen molar-refractivity contribution in [1.82, 2.24) is 15.1 Å². The summed E-state index contributed by atoms with van der Waals surface area (Å²) in [6.07, 6.45) is 1.25. The topological polar surface area (TPSA) is 18.5 Å². The normalized spacial score (nSPS) is 24.9. The van der Waals surface area contributed by atoms with Crippen LogP contribution >= 0.6 is 0 Å². The second kappa shape index (κ2) is 7.05. The lowest BCUT2D eigenvalue weighted by Crippen LogP contribution is -2.58. The zero-order chi connectivity index (χ0) is 14.6. The van der Waals surface area contributed by atoms with E-state index in [9.17, 15) is 0 Å². The van der Waals surface area contributed by atoms with Crippen LogP contribution in [0.25, 0.3) is 0 Å². The van der Waals surface area contributed by atoms with Crippen molar-refractivity contribution in [2.24, 2.45) is 5.92 Å². The summed E-state index contributed by atoms with van der Waals surface area (Å²) in [5.74, 6) is 0.704. The SMILES string of the molecule is CCC1CN(C(CNC(C)(C)C)C(C)C)CCN1C. The van der Waals surface area contributed by atoms with Gasteiger partial charge in [0.15, 0.2) is 0 Å². The summed E-state index contributed by atoms with van der Waals surface area (Å²) in [6, 6.07) is 1.38. The number of rotatable bonds is 5. The molecule has 0 aliphatic carbocycles. The van der Waals surface area contributed by atoms with Crippen LogP contribution in [0.2, 0.25) is 0 Å². The summed E-state index contributed by atoms with van der Waals surface area (Å²) in [5.41, 5.74) is 0.212. The molecule has 0 amide bonds. The summed E-state index contributed by atoms with van der Waals surface area (Å²) < 4.78 is 0. The minimum absolute atomic E-state index is 0.212. The molecule has 3 heteroatoms. The van der Waals surface area contributed by atoms with E-state index >= 15 is 0 Å². The highest BCUT2D eigenvalue weighted by Gasteiger charge is 2.30. The van der Waals surface area contributed by atoms with E-state index in [0.29, 0.717) is 12.0 Å². The van der Waals surface area contributed by atoms with E-state index in [1.54, 1.807) is 0 Å². The second-order valence-electron chi connectivity index (χ2n) is 7.48. The molecule has 0 aromatic rings. The molecule has 3 nitrogen and oxygen atoms in total. The summed E-state index contributed by atoms with van der Waals surface area (Å²) in [6.45, 7) is 18.5. The first-order valence-electron chi connectivity index (χ1n) is 7.94. The third kappa shape index (κ3) is 5.41. The van der Waals surface area contributed by atoms with E-state index in [-0.39, 0.29) is 5.54 Å². The quantitative estimate of drug-likeness (QED) is 0.827. The van der Waals surface area contributed by atoms with E-state index in [4.69, 9.17) is 0 Å². The summed E-state index contributed by atoms with van der Waals surface area (Å²) in [4.78, 5) is 5.22. The Hall–Kier alpha value is -0.120. The third-order valence-electron chi connectivity index (χ3n) is 4.36. The molecule has 0 saturated carbocycles. The van der Waals surface area contributed by atoms with Gasteiger partial charge in [-0.1, -0.05) is 20.8 Å². The Morgan fingerprint density at radius 1 is 1.21 bits per heavy atom. The van der Waals surface area contributed by atoms with Crippen LogP contribution in [0.5, 0.6) is 0 Å². The van der Waals surface area contributed by atoms with Gasteiger partial charge < -0.3 is 10.2 Å². The maximum Gasteiger partial charge on any atom is 0.0244 e. The van der Waals surface area contributed by atoms with Crippen molar-refractivity contribution in [1.29, 1.82) is 0 Å². The van der Waals surface area contributed by atoms with Crippen LogP contribution in [0.15, 0.2) is 0 Å². The molecule has 1 rings (SSSR count). The molecule has 114 valence electrons. The number of nitrogens with zero attached hydrogens (tertiary/aromatic N) is 2. The molecular formula is C16H35N3. The van der Waals surface area contributed by atoms with Crippen LogP contribution in [-0.4, -0.2) is 60.6 Å². The Morgan fingerprint density at radius 2 is 1.84 bits per heavy atom. The van der Waals surface area contributed by atoms with Crippen LogP contribution in [0.4, 0.5) is 0 Å². The smallest absolute Gasteiger partial charge is 0.0244 e. The molecular weight excluding hydrogens is 234 g/mol. The molecule has 1 aliphatic heterocycles. The van der Waals surface area contributed by atoms with Crippen molar-refractivity contribution in [3.63, 3.8) is 0 Å². The lowest BCUT2D eigenvalue weighted by Gasteiger charge is -2.45. The molecule has 0 aromatic heterocycles. The van der Waals surface area contributed by atoms with Crippen molar-refractivity contribution < 1.29 is 0 Å². The second-order valence-corrected chi connectivity index (χ2v) is 7.48. The van der Waals surface area contributed by atoms with Gasteiger partial charge in [-0.25, -0.2) is 0 Å². The first kappa shape index (κ1) is 16.9. The van der Waals surface area contributed by atoms with Gasteiger partial charge in [0.2, 0.25) is 0 Å². The van der Waals surface area contributed by atoms with Gasteiger partial charge in [-0.3, -0.25) is 4.90 Å². The monoisotopic (exact) mass is 269 g/mol. The van der Waals surface area contributed by atoms with E-state index in [2.05, 4.69) is 63.7 Å². The van der Waals surface area contributed by atoms with Gasteiger partial charge in [0.25, 0.3) is 0 Å². The zero-order valence-corrected chi connectivity index (χ0v) is 14.2. The summed E-state index contributed by atoms with van der Waals surface area (Å²) >= 11 is 0. The standard InChI is InChI=1S/C16H35N3/c1-8-14-12-19(10-9-18(14)7)15(13(2)3)11-17-16(4,5)6/h13-15,17H,8-12H2,1-7H3. The lowest BCUT2D eigenvalue weighted by molar-refractivity contribution is 0.0443. The summed E-state index contributed by atoms with van der Waals surface area (Å²) in [5, 5.41) is 3.69. The Bertz CT molecular complexity index is 257. The average molecular weight is 269 g/mol. The predicted molar refractivity (Wildman–Crippen MR) is 84.7 cm³/mol. The third-order valence-corrected chi connectivity index (χ3v) is 4.36. The minimum atomic E-state index is 0.212. The van der Waals surface area contributed by atoms with Crippen LogP contribution < -0.4 is 5.32 Å². The van der Waals surface area contributed by atoms with Crippen LogP contribution in [0.3, 0.4) is 0 Å². The van der Waals surface area contributed by atoms with Crippen molar-refractivity contribution >= 4 is 0 Å². The number of hydrogen-bond acceptors (Lipinski definition) is 3. The van der Waals surface area contributed by atoms with Crippen LogP contribution in [0, 0.1) is 5.92 Å². The first-order chi connectivity index (χ1) is 8.74. The van der Waals surface area contributed by atoms with Crippen molar-refractivity contribution in [2.45, 2.75) is 65.6 Å². The molecule has 0 radical (unpaired) electrons. The van der Waals surface area contributed by atoms with Gasteiger partial charge in [-0.05, 0) is 40.2 Å². The minimum Gasteiger partial charge on any atom is -0.311 e. The predicted octanol–water partition coefficient (Wildman–Crippen LogP) is 2.43. The van der Waals surface area contributed by atoms with Crippen molar-refractivity contribution in [3.8, 4) is 0 Å². The molecule has 1 aliphatic rings. The molecule has 1 N–H and O–H groups in total. The highest BCUT2D eigenvalue weighted by molar-refractivity contribution is 4.87. The fourth-order valence-electron chi connectivity index (χ4n) is 2.91. The zero-order valence-electron chi connectivity index (χ0n) is 14.2. The van der Waals surface area contributed by atoms with E-state index < -0.39 is 0 Å². The highest BCUT2D eigenvalue weighted by Crippen LogP contribution is 2.18.